The van der Waals surface area contributed by atoms with Gasteiger partial charge in [-0.15, -0.1) is 11.3 Å². The number of benzene rings is 1. The van der Waals surface area contributed by atoms with E-state index in [0.717, 1.165) is 18.4 Å². The van der Waals surface area contributed by atoms with Crippen molar-refractivity contribution in [1.29, 1.82) is 0 Å². The SMILES string of the molecule is Cc1cc(CC(=O)CCCCCS(=O)(=O)C(C)C)cc2ccsc12. The van der Waals surface area contributed by atoms with Gasteiger partial charge in [-0.3, -0.25) is 4.79 Å². The third-order valence-electron chi connectivity index (χ3n) is 4.30. The molecule has 0 N–H and O–H groups in total. The maximum atomic E-state index is 12.2. The Balaban J connectivity index is 1.77. The van der Waals surface area contributed by atoms with Gasteiger partial charge in [0.1, 0.15) is 5.78 Å². The number of ketones is 1. The molecule has 3 nitrogen and oxygen atoms in total. The van der Waals surface area contributed by atoms with Gasteiger partial charge in [-0.1, -0.05) is 12.5 Å². The lowest BCUT2D eigenvalue weighted by Gasteiger charge is -2.07. The Morgan fingerprint density at radius 3 is 2.62 bits per heavy atom. The molecular formula is C19H26O3S2. The van der Waals surface area contributed by atoms with Crippen LogP contribution in [0.4, 0.5) is 0 Å². The van der Waals surface area contributed by atoms with Gasteiger partial charge in [0.05, 0.1) is 11.0 Å². The van der Waals surface area contributed by atoms with Crippen molar-refractivity contribution in [2.45, 2.75) is 58.1 Å². The standard InChI is InChI=1S/C19H26O3S2/c1-14(2)24(21,22)10-6-4-5-7-18(20)13-16-11-15(3)19-17(12-16)8-9-23-19/h8-9,11-12,14H,4-7,10,13H2,1-3H3. The molecule has 0 aliphatic heterocycles. The van der Waals surface area contributed by atoms with E-state index < -0.39 is 9.84 Å². The summed E-state index contributed by atoms with van der Waals surface area (Å²) in [6, 6.07) is 6.30. The van der Waals surface area contributed by atoms with Crippen molar-refractivity contribution in [2.24, 2.45) is 0 Å². The fourth-order valence-corrected chi connectivity index (χ4v) is 4.73. The van der Waals surface area contributed by atoms with E-state index in [9.17, 15) is 13.2 Å². The van der Waals surface area contributed by atoms with Crippen LogP contribution in [0.5, 0.6) is 0 Å². The van der Waals surface area contributed by atoms with E-state index in [1.54, 1.807) is 25.2 Å². The predicted octanol–water partition coefficient (Wildman–Crippen LogP) is 4.70. The van der Waals surface area contributed by atoms with Crippen LogP contribution in [0, 0.1) is 6.92 Å². The van der Waals surface area contributed by atoms with Gasteiger partial charge in [-0.2, -0.15) is 0 Å². The number of unbranched alkanes of at least 4 members (excludes halogenated alkanes) is 2. The highest BCUT2D eigenvalue weighted by atomic mass is 32.2. The minimum absolute atomic E-state index is 0.229. The lowest BCUT2D eigenvalue weighted by molar-refractivity contribution is -0.118. The molecule has 0 bridgehead atoms. The van der Waals surface area contributed by atoms with Crippen molar-refractivity contribution in [2.75, 3.05) is 5.75 Å². The molecule has 0 saturated heterocycles. The second-order valence-corrected chi connectivity index (χ2v) is 10.3. The second kappa shape index (κ2) is 8.26. The summed E-state index contributed by atoms with van der Waals surface area (Å²) in [5.41, 5.74) is 2.30. The molecule has 0 aliphatic carbocycles. The zero-order chi connectivity index (χ0) is 17.7. The van der Waals surface area contributed by atoms with Gasteiger partial charge in [0.2, 0.25) is 0 Å². The van der Waals surface area contributed by atoms with Crippen molar-refractivity contribution >= 4 is 37.0 Å². The molecule has 0 radical (unpaired) electrons. The van der Waals surface area contributed by atoms with E-state index >= 15 is 0 Å². The maximum absolute atomic E-state index is 12.2. The Morgan fingerprint density at radius 1 is 1.17 bits per heavy atom. The Kier molecular flexibility index (Phi) is 6.58. The topological polar surface area (TPSA) is 51.2 Å². The largest absolute Gasteiger partial charge is 0.299 e. The van der Waals surface area contributed by atoms with Crippen LogP contribution in [0.25, 0.3) is 10.1 Å². The highest BCUT2D eigenvalue weighted by Gasteiger charge is 2.15. The second-order valence-electron chi connectivity index (χ2n) is 6.69. The number of hydrogen-bond acceptors (Lipinski definition) is 4. The summed E-state index contributed by atoms with van der Waals surface area (Å²) in [7, 11) is -2.95. The van der Waals surface area contributed by atoms with Gasteiger partial charge in [0.15, 0.2) is 9.84 Å². The van der Waals surface area contributed by atoms with Crippen molar-refractivity contribution in [3.05, 3.63) is 34.7 Å². The Morgan fingerprint density at radius 2 is 1.92 bits per heavy atom. The van der Waals surface area contributed by atoms with E-state index in [1.807, 2.05) is 0 Å². The predicted molar refractivity (Wildman–Crippen MR) is 103 cm³/mol. The summed E-state index contributed by atoms with van der Waals surface area (Å²) < 4.78 is 24.7. The number of rotatable bonds is 9. The van der Waals surface area contributed by atoms with Crippen molar-refractivity contribution in [3.8, 4) is 0 Å². The molecule has 5 heteroatoms. The number of hydrogen-bond donors (Lipinski definition) is 0. The first-order chi connectivity index (χ1) is 11.3. The lowest BCUT2D eigenvalue weighted by atomic mass is 10.0. The average molecular weight is 367 g/mol. The maximum Gasteiger partial charge on any atom is 0.152 e. The van der Waals surface area contributed by atoms with Crippen LogP contribution in [0.2, 0.25) is 0 Å². The van der Waals surface area contributed by atoms with Gasteiger partial charge < -0.3 is 0 Å². The molecule has 0 saturated carbocycles. The van der Waals surface area contributed by atoms with Gasteiger partial charge >= 0.3 is 0 Å². The van der Waals surface area contributed by atoms with Crippen LogP contribution >= 0.6 is 11.3 Å². The summed E-state index contributed by atoms with van der Waals surface area (Å²) >= 11 is 1.73. The van der Waals surface area contributed by atoms with Crippen LogP contribution < -0.4 is 0 Å². The van der Waals surface area contributed by atoms with E-state index in [-0.39, 0.29) is 16.8 Å². The molecular weight excluding hydrogens is 340 g/mol. The molecule has 1 aromatic carbocycles. The number of carbonyl (C=O) groups is 1. The van der Waals surface area contributed by atoms with Gasteiger partial charge in [-0.05, 0) is 67.6 Å². The molecule has 2 aromatic rings. The molecule has 0 unspecified atom stereocenters. The number of Topliss-reactive ketones (excluding diaryl/α,β-unsaturated/α-hetero) is 1. The van der Waals surface area contributed by atoms with Crippen molar-refractivity contribution in [1.82, 2.24) is 0 Å². The fraction of sp³-hybridized carbons (Fsp3) is 0.526. The summed E-state index contributed by atoms with van der Waals surface area (Å²) in [6.45, 7) is 5.51. The highest BCUT2D eigenvalue weighted by Crippen LogP contribution is 2.26. The first kappa shape index (κ1) is 19.1. The number of fused-ring (bicyclic) bond motifs is 1. The molecule has 0 fully saturated rings. The van der Waals surface area contributed by atoms with Crippen LogP contribution in [0.1, 0.15) is 50.7 Å². The van der Waals surface area contributed by atoms with Crippen LogP contribution in [0.3, 0.4) is 0 Å². The molecule has 132 valence electrons. The molecule has 0 atom stereocenters. The monoisotopic (exact) mass is 366 g/mol. The van der Waals surface area contributed by atoms with Crippen molar-refractivity contribution < 1.29 is 13.2 Å². The summed E-state index contributed by atoms with van der Waals surface area (Å²) in [5, 5.41) is 2.98. The Bertz CT molecular complexity index is 801. The number of thiophene rings is 1. The summed E-state index contributed by atoms with van der Waals surface area (Å²) in [6.07, 6.45) is 3.21. The van der Waals surface area contributed by atoms with Crippen LogP contribution in [-0.4, -0.2) is 25.2 Å². The lowest BCUT2D eigenvalue weighted by Crippen LogP contribution is -2.17. The first-order valence-corrected chi connectivity index (χ1v) is 11.1. The number of carbonyl (C=O) groups excluding carboxylic acids is 1. The quantitative estimate of drug-likeness (QED) is 0.604. The van der Waals surface area contributed by atoms with Crippen molar-refractivity contribution in [3.63, 3.8) is 0 Å². The third kappa shape index (κ3) is 5.15. The molecule has 1 heterocycles. The average Bonchev–Trinajstić information content (AvgIpc) is 2.95. The molecule has 24 heavy (non-hydrogen) atoms. The van der Waals surface area contributed by atoms with E-state index in [1.165, 1.54) is 15.6 Å². The van der Waals surface area contributed by atoms with E-state index in [4.69, 9.17) is 0 Å². The van der Waals surface area contributed by atoms with Gasteiger partial charge in [0, 0.05) is 17.5 Å². The first-order valence-electron chi connectivity index (χ1n) is 8.49. The normalized spacial score (nSPS) is 12.2. The Hall–Kier alpha value is -1.20. The third-order valence-corrected chi connectivity index (χ3v) is 7.66. The van der Waals surface area contributed by atoms with Crippen LogP contribution in [0.15, 0.2) is 23.6 Å². The number of aryl methyl sites for hydroxylation is 1. The highest BCUT2D eigenvalue weighted by molar-refractivity contribution is 7.91. The van der Waals surface area contributed by atoms with Gasteiger partial charge in [-0.25, -0.2) is 8.42 Å². The smallest absolute Gasteiger partial charge is 0.152 e. The molecule has 1 aromatic heterocycles. The minimum atomic E-state index is -2.95. The summed E-state index contributed by atoms with van der Waals surface area (Å²) in [5.74, 6) is 0.461. The van der Waals surface area contributed by atoms with E-state index in [2.05, 4.69) is 30.5 Å². The Labute approximate surface area is 149 Å². The van der Waals surface area contributed by atoms with Crippen LogP contribution in [-0.2, 0) is 21.1 Å². The molecule has 0 spiro atoms. The summed E-state index contributed by atoms with van der Waals surface area (Å²) in [4.78, 5) is 12.2. The molecule has 2 rings (SSSR count). The zero-order valence-electron chi connectivity index (χ0n) is 14.7. The number of sulfone groups is 1. The fourth-order valence-electron chi connectivity index (χ4n) is 2.79. The zero-order valence-corrected chi connectivity index (χ0v) is 16.3. The van der Waals surface area contributed by atoms with E-state index in [0.29, 0.717) is 19.3 Å². The van der Waals surface area contributed by atoms with Gasteiger partial charge in [0.25, 0.3) is 0 Å². The molecule has 0 aliphatic rings. The minimum Gasteiger partial charge on any atom is -0.299 e. The molecule has 0 amide bonds.